The number of aromatic hydroxyl groups is 1. The van der Waals surface area contributed by atoms with Gasteiger partial charge in [0.2, 0.25) is 0 Å². The molecule has 2 rings (SSSR count). The van der Waals surface area contributed by atoms with E-state index in [1.165, 1.54) is 0 Å². The van der Waals surface area contributed by atoms with Crippen molar-refractivity contribution in [3.8, 4) is 11.5 Å². The van der Waals surface area contributed by atoms with Gasteiger partial charge in [-0.2, -0.15) is 0 Å². The van der Waals surface area contributed by atoms with Crippen LogP contribution >= 0.6 is 0 Å². The van der Waals surface area contributed by atoms with E-state index in [-0.39, 0.29) is 0 Å². The highest BCUT2D eigenvalue weighted by Crippen LogP contribution is 2.42. The second-order valence-electron chi connectivity index (χ2n) is 4.18. The molecule has 1 unspecified atom stereocenters. The summed E-state index contributed by atoms with van der Waals surface area (Å²) in [6.07, 6.45) is 1.00. The highest BCUT2D eigenvalue weighted by molar-refractivity contribution is 5.47. The van der Waals surface area contributed by atoms with Crippen LogP contribution in [0.2, 0.25) is 0 Å². The monoisotopic (exact) mass is 192 g/mol. The SMILES string of the molecule is CC(C)C1CCOc2cccc(O)c21. The van der Waals surface area contributed by atoms with Gasteiger partial charge in [-0.3, -0.25) is 0 Å². The van der Waals surface area contributed by atoms with Gasteiger partial charge >= 0.3 is 0 Å². The van der Waals surface area contributed by atoms with Crippen molar-refractivity contribution in [2.24, 2.45) is 5.92 Å². The summed E-state index contributed by atoms with van der Waals surface area (Å²) in [5.74, 6) is 2.21. The maximum Gasteiger partial charge on any atom is 0.126 e. The van der Waals surface area contributed by atoms with Crippen molar-refractivity contribution in [1.29, 1.82) is 0 Å². The van der Waals surface area contributed by atoms with Crippen molar-refractivity contribution in [2.45, 2.75) is 26.2 Å². The molecule has 1 N–H and O–H groups in total. The molecule has 1 aliphatic heterocycles. The molecule has 1 heterocycles. The third-order valence-electron chi connectivity index (χ3n) is 2.91. The Kier molecular flexibility index (Phi) is 2.36. The van der Waals surface area contributed by atoms with Gasteiger partial charge in [0.05, 0.1) is 6.61 Å². The van der Waals surface area contributed by atoms with E-state index in [4.69, 9.17) is 4.74 Å². The Bertz CT molecular complexity index is 331. The summed E-state index contributed by atoms with van der Waals surface area (Å²) >= 11 is 0. The highest BCUT2D eigenvalue weighted by atomic mass is 16.5. The second-order valence-corrected chi connectivity index (χ2v) is 4.18. The average molecular weight is 192 g/mol. The molecule has 0 spiro atoms. The van der Waals surface area contributed by atoms with Crippen LogP contribution in [0, 0.1) is 5.92 Å². The zero-order valence-electron chi connectivity index (χ0n) is 8.66. The van der Waals surface area contributed by atoms with Crippen LogP contribution in [0.5, 0.6) is 11.5 Å². The van der Waals surface area contributed by atoms with E-state index < -0.39 is 0 Å². The van der Waals surface area contributed by atoms with Crippen molar-refractivity contribution in [2.75, 3.05) is 6.61 Å². The summed E-state index contributed by atoms with van der Waals surface area (Å²) in [6, 6.07) is 5.50. The van der Waals surface area contributed by atoms with Gasteiger partial charge in [-0.05, 0) is 30.4 Å². The zero-order valence-corrected chi connectivity index (χ0v) is 8.66. The first-order valence-corrected chi connectivity index (χ1v) is 5.15. The quantitative estimate of drug-likeness (QED) is 0.741. The molecule has 1 atom stereocenters. The fourth-order valence-corrected chi connectivity index (χ4v) is 2.14. The molecule has 0 aromatic heterocycles. The van der Waals surface area contributed by atoms with E-state index in [9.17, 15) is 5.11 Å². The van der Waals surface area contributed by atoms with Gasteiger partial charge in [0.25, 0.3) is 0 Å². The molecule has 14 heavy (non-hydrogen) atoms. The Morgan fingerprint density at radius 2 is 2.21 bits per heavy atom. The van der Waals surface area contributed by atoms with Crippen LogP contribution in [-0.2, 0) is 0 Å². The third kappa shape index (κ3) is 1.45. The van der Waals surface area contributed by atoms with Crippen LogP contribution < -0.4 is 4.74 Å². The van der Waals surface area contributed by atoms with E-state index in [1.807, 2.05) is 12.1 Å². The minimum Gasteiger partial charge on any atom is -0.508 e. The summed E-state index contributed by atoms with van der Waals surface area (Å²) in [5, 5.41) is 9.80. The number of ether oxygens (including phenoxy) is 1. The van der Waals surface area contributed by atoms with Crippen LogP contribution in [0.3, 0.4) is 0 Å². The maximum absolute atomic E-state index is 9.80. The summed E-state index contributed by atoms with van der Waals surface area (Å²) in [6.45, 7) is 5.14. The van der Waals surface area contributed by atoms with Crippen molar-refractivity contribution in [3.63, 3.8) is 0 Å². The number of fused-ring (bicyclic) bond motifs is 1. The minimum atomic E-state index is 0.376. The Morgan fingerprint density at radius 3 is 2.93 bits per heavy atom. The van der Waals surface area contributed by atoms with Crippen LogP contribution in [0.4, 0.5) is 0 Å². The van der Waals surface area contributed by atoms with Gasteiger partial charge in [0, 0.05) is 5.56 Å². The fraction of sp³-hybridized carbons (Fsp3) is 0.500. The number of rotatable bonds is 1. The molecule has 2 nitrogen and oxygen atoms in total. The van der Waals surface area contributed by atoms with Crippen LogP contribution in [0.1, 0.15) is 31.7 Å². The molecule has 0 bridgehead atoms. The van der Waals surface area contributed by atoms with E-state index >= 15 is 0 Å². The second kappa shape index (κ2) is 3.52. The average Bonchev–Trinajstić information content (AvgIpc) is 2.17. The van der Waals surface area contributed by atoms with Crippen molar-refractivity contribution in [3.05, 3.63) is 23.8 Å². The third-order valence-corrected chi connectivity index (χ3v) is 2.91. The Balaban J connectivity index is 2.47. The molecule has 0 saturated carbocycles. The molecular formula is C12H16O2. The Morgan fingerprint density at radius 1 is 1.43 bits per heavy atom. The Hall–Kier alpha value is -1.18. The standard InChI is InChI=1S/C12H16O2/c1-8(2)9-6-7-14-11-5-3-4-10(13)12(9)11/h3-5,8-9,13H,6-7H2,1-2H3. The topological polar surface area (TPSA) is 29.5 Å². The van der Waals surface area contributed by atoms with Crippen molar-refractivity contribution in [1.82, 2.24) is 0 Å². The molecule has 1 aromatic rings. The van der Waals surface area contributed by atoms with Gasteiger partial charge in [-0.15, -0.1) is 0 Å². The van der Waals surface area contributed by atoms with E-state index in [2.05, 4.69) is 13.8 Å². The molecule has 0 saturated heterocycles. The highest BCUT2D eigenvalue weighted by Gasteiger charge is 2.26. The largest absolute Gasteiger partial charge is 0.508 e. The lowest BCUT2D eigenvalue weighted by atomic mass is 9.83. The first kappa shape index (κ1) is 9.38. The number of hydrogen-bond acceptors (Lipinski definition) is 2. The van der Waals surface area contributed by atoms with Crippen molar-refractivity contribution < 1.29 is 9.84 Å². The van der Waals surface area contributed by atoms with Crippen molar-refractivity contribution >= 4 is 0 Å². The molecule has 1 aliphatic rings. The minimum absolute atomic E-state index is 0.376. The summed E-state index contributed by atoms with van der Waals surface area (Å²) < 4.78 is 5.52. The zero-order chi connectivity index (χ0) is 10.1. The predicted molar refractivity (Wildman–Crippen MR) is 55.8 cm³/mol. The molecule has 0 fully saturated rings. The van der Waals surface area contributed by atoms with Crippen LogP contribution in [0.25, 0.3) is 0 Å². The fourth-order valence-electron chi connectivity index (χ4n) is 2.14. The van der Waals surface area contributed by atoms with Gasteiger partial charge in [0.1, 0.15) is 11.5 Å². The smallest absolute Gasteiger partial charge is 0.126 e. The molecule has 76 valence electrons. The van der Waals surface area contributed by atoms with E-state index in [0.29, 0.717) is 17.6 Å². The van der Waals surface area contributed by atoms with Crippen LogP contribution in [-0.4, -0.2) is 11.7 Å². The lowest BCUT2D eigenvalue weighted by Crippen LogP contribution is -2.18. The number of phenolic OH excluding ortho intramolecular Hbond substituents is 1. The van der Waals surface area contributed by atoms with E-state index in [1.54, 1.807) is 6.07 Å². The lowest BCUT2D eigenvalue weighted by Gasteiger charge is -2.29. The van der Waals surface area contributed by atoms with Gasteiger partial charge in [0.15, 0.2) is 0 Å². The number of hydrogen-bond donors (Lipinski definition) is 1. The first-order valence-electron chi connectivity index (χ1n) is 5.15. The number of phenols is 1. The van der Waals surface area contributed by atoms with Crippen LogP contribution in [0.15, 0.2) is 18.2 Å². The molecule has 0 aliphatic carbocycles. The summed E-state index contributed by atoms with van der Waals surface area (Å²) in [7, 11) is 0. The van der Waals surface area contributed by atoms with Gasteiger partial charge < -0.3 is 9.84 Å². The van der Waals surface area contributed by atoms with Gasteiger partial charge in [-0.1, -0.05) is 19.9 Å². The molecule has 2 heteroatoms. The normalized spacial score (nSPS) is 20.4. The Labute approximate surface area is 84.5 Å². The molecule has 0 radical (unpaired) electrons. The first-order chi connectivity index (χ1) is 6.70. The molecular weight excluding hydrogens is 176 g/mol. The predicted octanol–water partition coefficient (Wildman–Crippen LogP) is 2.91. The van der Waals surface area contributed by atoms with Gasteiger partial charge in [-0.25, -0.2) is 0 Å². The summed E-state index contributed by atoms with van der Waals surface area (Å²) in [5.41, 5.74) is 0.994. The maximum atomic E-state index is 9.80. The molecule has 1 aromatic carbocycles. The van der Waals surface area contributed by atoms with E-state index in [0.717, 1.165) is 24.3 Å². The summed E-state index contributed by atoms with van der Waals surface area (Å²) in [4.78, 5) is 0. The lowest BCUT2D eigenvalue weighted by molar-refractivity contribution is 0.242. The number of benzene rings is 1. The molecule has 0 amide bonds.